The number of hydrogen-bond acceptors (Lipinski definition) is 4. The van der Waals surface area contributed by atoms with Gasteiger partial charge in [0.05, 0.1) is 0 Å². The Bertz CT molecular complexity index is 1010. The van der Waals surface area contributed by atoms with Crippen LogP contribution in [0.5, 0.6) is 0 Å². The molecule has 0 aromatic heterocycles. The molecule has 4 rings (SSSR count). The number of aliphatic carboxylic acids is 1. The van der Waals surface area contributed by atoms with Crippen molar-refractivity contribution in [1.29, 1.82) is 0 Å². The van der Waals surface area contributed by atoms with Crippen molar-refractivity contribution in [3.8, 4) is 11.1 Å². The fourth-order valence-corrected chi connectivity index (χ4v) is 4.41. The number of nitrogens with one attached hydrogen (secondary N) is 1. The number of alkyl carbamates (subject to hydrolysis) is 1. The number of carboxylic acid groups (broad SMARTS) is 1. The highest BCUT2D eigenvalue weighted by Crippen LogP contribution is 2.44. The number of likely N-dealkylation sites (tertiary alicyclic amines) is 1. The van der Waals surface area contributed by atoms with E-state index in [-0.39, 0.29) is 31.5 Å². The molecule has 7 nitrogen and oxygen atoms in total. The second kappa shape index (κ2) is 7.41. The number of carbonyl (C=O) groups excluding carboxylic acids is 2. The molecule has 1 heterocycles. The molecule has 162 valence electrons. The Labute approximate surface area is 181 Å². The number of fused-ring (bicyclic) bond motifs is 3. The highest BCUT2D eigenvalue weighted by atomic mass is 16.5. The predicted octanol–water partition coefficient (Wildman–Crippen LogP) is 3.24. The third-order valence-corrected chi connectivity index (χ3v) is 6.18. The molecule has 0 saturated carbocycles. The monoisotopic (exact) mass is 422 g/mol. The van der Waals surface area contributed by atoms with Gasteiger partial charge in [-0.2, -0.15) is 0 Å². The van der Waals surface area contributed by atoms with E-state index in [1.54, 1.807) is 20.8 Å². The summed E-state index contributed by atoms with van der Waals surface area (Å²) in [5, 5.41) is 11.9. The van der Waals surface area contributed by atoms with Crippen LogP contribution in [0.25, 0.3) is 11.1 Å². The van der Waals surface area contributed by atoms with Gasteiger partial charge in [0.15, 0.2) is 0 Å². The zero-order valence-electron chi connectivity index (χ0n) is 17.8. The van der Waals surface area contributed by atoms with Gasteiger partial charge in [-0.1, -0.05) is 48.5 Å². The molecule has 2 amide bonds. The first-order valence-electron chi connectivity index (χ1n) is 10.3. The molecular weight excluding hydrogens is 396 g/mol. The maximum Gasteiger partial charge on any atom is 0.408 e. The van der Waals surface area contributed by atoms with E-state index in [1.165, 1.54) is 4.90 Å². The number of ether oxygens (including phenoxy) is 1. The van der Waals surface area contributed by atoms with Crippen LogP contribution in [0, 0.1) is 5.41 Å². The molecule has 0 radical (unpaired) electrons. The molecule has 1 saturated heterocycles. The third-order valence-electron chi connectivity index (χ3n) is 6.18. The lowest BCUT2D eigenvalue weighted by Gasteiger charge is -2.47. The van der Waals surface area contributed by atoms with Crippen LogP contribution >= 0.6 is 0 Å². The lowest BCUT2D eigenvalue weighted by Crippen LogP contribution is -2.66. The average Bonchev–Trinajstić information content (AvgIpc) is 3.02. The van der Waals surface area contributed by atoms with E-state index >= 15 is 0 Å². The number of hydrogen-bond donors (Lipinski definition) is 2. The second-order valence-electron chi connectivity index (χ2n) is 9.10. The summed E-state index contributed by atoms with van der Waals surface area (Å²) < 4.78 is 5.52. The first kappa shape index (κ1) is 20.9. The fourth-order valence-electron chi connectivity index (χ4n) is 4.41. The molecule has 2 aromatic rings. The van der Waals surface area contributed by atoms with Crippen LogP contribution < -0.4 is 5.32 Å². The van der Waals surface area contributed by atoms with Crippen LogP contribution in [-0.4, -0.2) is 53.2 Å². The molecule has 0 bridgehead atoms. The van der Waals surface area contributed by atoms with Crippen molar-refractivity contribution in [2.24, 2.45) is 5.41 Å². The Kier molecular flexibility index (Phi) is 5.00. The Morgan fingerprint density at radius 3 is 2.10 bits per heavy atom. The SMILES string of the molecule is CC1(C(=O)O)CN(C(=O)C(C)(C)NC(=O)OCC2c3ccccc3-c3ccccc32)C1. The maximum absolute atomic E-state index is 12.7. The number of amides is 2. The molecule has 1 aliphatic heterocycles. The van der Waals surface area contributed by atoms with E-state index in [9.17, 15) is 19.5 Å². The molecule has 0 spiro atoms. The van der Waals surface area contributed by atoms with Crippen LogP contribution in [0.1, 0.15) is 37.8 Å². The quantitative estimate of drug-likeness (QED) is 0.771. The van der Waals surface area contributed by atoms with E-state index in [2.05, 4.69) is 17.4 Å². The van der Waals surface area contributed by atoms with E-state index in [4.69, 9.17) is 4.74 Å². The van der Waals surface area contributed by atoms with Gasteiger partial charge in [-0.3, -0.25) is 9.59 Å². The zero-order valence-corrected chi connectivity index (χ0v) is 17.8. The van der Waals surface area contributed by atoms with Crippen molar-refractivity contribution in [3.63, 3.8) is 0 Å². The van der Waals surface area contributed by atoms with Crippen molar-refractivity contribution in [2.45, 2.75) is 32.2 Å². The van der Waals surface area contributed by atoms with Crippen LogP contribution in [0.3, 0.4) is 0 Å². The van der Waals surface area contributed by atoms with Crippen molar-refractivity contribution in [2.75, 3.05) is 19.7 Å². The van der Waals surface area contributed by atoms with Crippen LogP contribution in [0.4, 0.5) is 4.79 Å². The summed E-state index contributed by atoms with van der Waals surface area (Å²) in [5.41, 5.74) is 2.36. The van der Waals surface area contributed by atoms with Gasteiger partial charge in [-0.25, -0.2) is 4.79 Å². The highest BCUT2D eigenvalue weighted by molar-refractivity contribution is 5.91. The Balaban J connectivity index is 1.38. The molecule has 0 unspecified atom stereocenters. The lowest BCUT2D eigenvalue weighted by molar-refractivity contribution is -0.166. The van der Waals surface area contributed by atoms with Gasteiger partial charge >= 0.3 is 12.1 Å². The lowest BCUT2D eigenvalue weighted by atomic mass is 9.81. The zero-order chi connectivity index (χ0) is 22.4. The standard InChI is InChI=1S/C24H26N2O5/c1-23(2,20(27)26-13-24(3,14-26)21(28)29)25-22(30)31-12-19-17-10-6-4-8-15(17)16-9-5-7-11-18(16)19/h4-11,19H,12-14H2,1-3H3,(H,25,30)(H,28,29). The van der Waals surface area contributed by atoms with Gasteiger partial charge in [0.25, 0.3) is 0 Å². The van der Waals surface area contributed by atoms with Crippen molar-refractivity contribution in [1.82, 2.24) is 10.2 Å². The average molecular weight is 422 g/mol. The van der Waals surface area contributed by atoms with Gasteiger partial charge in [0, 0.05) is 19.0 Å². The summed E-state index contributed by atoms with van der Waals surface area (Å²) in [7, 11) is 0. The fraction of sp³-hybridized carbons (Fsp3) is 0.375. The first-order valence-corrected chi connectivity index (χ1v) is 10.3. The van der Waals surface area contributed by atoms with E-state index in [0.29, 0.717) is 0 Å². The number of rotatable bonds is 5. The minimum Gasteiger partial charge on any atom is -0.481 e. The van der Waals surface area contributed by atoms with Gasteiger partial charge in [0.2, 0.25) is 5.91 Å². The summed E-state index contributed by atoms with van der Waals surface area (Å²) in [6, 6.07) is 16.1. The smallest absolute Gasteiger partial charge is 0.408 e. The summed E-state index contributed by atoms with van der Waals surface area (Å²) in [5.74, 6) is -1.33. The molecule has 31 heavy (non-hydrogen) atoms. The summed E-state index contributed by atoms with van der Waals surface area (Å²) >= 11 is 0. The van der Waals surface area contributed by atoms with Gasteiger partial charge in [0.1, 0.15) is 17.6 Å². The second-order valence-corrected chi connectivity index (χ2v) is 9.10. The number of nitrogens with zero attached hydrogens (tertiary/aromatic N) is 1. The number of carboxylic acids is 1. The normalized spacial score (nSPS) is 16.7. The van der Waals surface area contributed by atoms with E-state index in [1.807, 2.05) is 36.4 Å². The highest BCUT2D eigenvalue weighted by Gasteiger charge is 2.50. The molecule has 2 N–H and O–H groups in total. The summed E-state index contributed by atoms with van der Waals surface area (Å²) in [6.07, 6.45) is -0.679. The molecule has 1 fully saturated rings. The largest absolute Gasteiger partial charge is 0.481 e. The van der Waals surface area contributed by atoms with Crippen molar-refractivity contribution < 1.29 is 24.2 Å². The van der Waals surface area contributed by atoms with Crippen molar-refractivity contribution in [3.05, 3.63) is 59.7 Å². The molecule has 7 heteroatoms. The molecule has 2 aromatic carbocycles. The van der Waals surface area contributed by atoms with Gasteiger partial charge in [-0.15, -0.1) is 0 Å². The van der Waals surface area contributed by atoms with Crippen LogP contribution in [-0.2, 0) is 14.3 Å². The molecule has 0 atom stereocenters. The minimum atomic E-state index is -1.21. The van der Waals surface area contributed by atoms with Crippen LogP contribution in [0.15, 0.2) is 48.5 Å². The Morgan fingerprint density at radius 2 is 1.58 bits per heavy atom. The molecule has 1 aliphatic carbocycles. The van der Waals surface area contributed by atoms with Gasteiger partial charge < -0.3 is 20.1 Å². The topological polar surface area (TPSA) is 95.9 Å². The Morgan fingerprint density at radius 1 is 1.06 bits per heavy atom. The van der Waals surface area contributed by atoms with E-state index in [0.717, 1.165) is 22.3 Å². The number of carbonyl (C=O) groups is 3. The summed E-state index contributed by atoms with van der Waals surface area (Å²) in [4.78, 5) is 38.0. The summed E-state index contributed by atoms with van der Waals surface area (Å²) in [6.45, 7) is 5.18. The van der Waals surface area contributed by atoms with Crippen molar-refractivity contribution >= 4 is 18.0 Å². The first-order chi connectivity index (χ1) is 14.6. The molecular formula is C24H26N2O5. The predicted molar refractivity (Wildman–Crippen MR) is 115 cm³/mol. The van der Waals surface area contributed by atoms with E-state index < -0.39 is 23.0 Å². The Hall–Kier alpha value is -3.35. The minimum absolute atomic E-state index is 0.0661. The van der Waals surface area contributed by atoms with Gasteiger partial charge in [-0.05, 0) is 43.0 Å². The number of benzene rings is 2. The van der Waals surface area contributed by atoms with Crippen LogP contribution in [0.2, 0.25) is 0 Å². The third kappa shape index (κ3) is 3.65. The molecule has 2 aliphatic rings. The maximum atomic E-state index is 12.7.